The summed E-state index contributed by atoms with van der Waals surface area (Å²) in [6, 6.07) is 4.28. The Hall–Kier alpha value is -1.92. The molecule has 7 heteroatoms. The van der Waals surface area contributed by atoms with Gasteiger partial charge in [-0.2, -0.15) is 5.10 Å². The van der Waals surface area contributed by atoms with E-state index in [9.17, 15) is 14.3 Å². The van der Waals surface area contributed by atoms with Gasteiger partial charge in [-0.3, -0.25) is 0 Å². The number of ether oxygens (including phenoxy) is 1. The summed E-state index contributed by atoms with van der Waals surface area (Å²) in [5.41, 5.74) is 1.76. The number of benzene rings is 1. The molecule has 0 bridgehead atoms. The molecule has 0 aliphatic heterocycles. The summed E-state index contributed by atoms with van der Waals surface area (Å²) >= 11 is 5.92. The molecular weight excluding hydrogens is 395 g/mol. The summed E-state index contributed by atoms with van der Waals surface area (Å²) in [4.78, 5) is 12.0. The monoisotopic (exact) mass is 424 g/mol. The number of hydrogen-bond donors (Lipinski definition) is 1. The van der Waals surface area contributed by atoms with Crippen LogP contribution in [0.4, 0.5) is 4.39 Å². The SMILES string of the molecule is CCc1c(C(=O)O)c(CC(C)CCCC(C)(C)OC)nn1-c1ccc(F)c(Cl)c1. The van der Waals surface area contributed by atoms with E-state index in [-0.39, 0.29) is 22.1 Å². The average Bonchev–Trinajstić information content (AvgIpc) is 3.02. The maximum absolute atomic E-state index is 13.5. The summed E-state index contributed by atoms with van der Waals surface area (Å²) in [5, 5.41) is 14.4. The standard InChI is InChI=1S/C22H30ClFN2O3/c1-6-19-20(21(27)28)18(12-14(2)8-7-11-22(3,4)29-5)25-26(19)15-9-10-17(24)16(23)13-15/h9-10,13-14H,6-8,11-12H2,1-5H3,(H,27,28). The molecule has 1 aromatic heterocycles. The van der Waals surface area contributed by atoms with E-state index in [1.807, 2.05) is 6.92 Å². The minimum absolute atomic E-state index is 0.0207. The molecular formula is C22H30ClFN2O3. The minimum Gasteiger partial charge on any atom is -0.478 e. The van der Waals surface area contributed by atoms with Gasteiger partial charge >= 0.3 is 5.97 Å². The Balaban J connectivity index is 2.28. The van der Waals surface area contributed by atoms with E-state index in [2.05, 4.69) is 25.9 Å². The van der Waals surface area contributed by atoms with Gasteiger partial charge in [0, 0.05) is 7.11 Å². The first-order valence-electron chi connectivity index (χ1n) is 9.94. The zero-order valence-corrected chi connectivity index (χ0v) is 18.5. The third-order valence-corrected chi connectivity index (χ3v) is 5.61. The summed E-state index contributed by atoms with van der Waals surface area (Å²) in [6.45, 7) is 8.10. The number of rotatable bonds is 10. The van der Waals surface area contributed by atoms with Crippen LogP contribution >= 0.6 is 11.6 Å². The van der Waals surface area contributed by atoms with Crippen molar-refractivity contribution in [3.8, 4) is 5.69 Å². The summed E-state index contributed by atoms with van der Waals surface area (Å²) in [7, 11) is 1.71. The molecule has 0 saturated carbocycles. The molecule has 1 heterocycles. The van der Waals surface area contributed by atoms with Crippen LogP contribution in [0.5, 0.6) is 0 Å². The Labute approximate surface area is 176 Å². The molecule has 0 radical (unpaired) electrons. The number of carboxylic acids is 1. The fourth-order valence-electron chi connectivity index (χ4n) is 3.46. The molecule has 0 aliphatic rings. The maximum atomic E-state index is 13.5. The van der Waals surface area contributed by atoms with Gasteiger partial charge in [0.25, 0.3) is 0 Å². The van der Waals surface area contributed by atoms with Crippen LogP contribution < -0.4 is 0 Å². The lowest BCUT2D eigenvalue weighted by Gasteiger charge is -2.23. The third-order valence-electron chi connectivity index (χ3n) is 5.32. The molecule has 1 unspecified atom stereocenters. The van der Waals surface area contributed by atoms with Crippen LogP contribution in [0.25, 0.3) is 5.69 Å². The highest BCUT2D eigenvalue weighted by Crippen LogP contribution is 2.27. The van der Waals surface area contributed by atoms with Crippen molar-refractivity contribution in [1.29, 1.82) is 0 Å². The average molecular weight is 425 g/mol. The van der Waals surface area contributed by atoms with Gasteiger partial charge in [-0.15, -0.1) is 0 Å². The molecule has 0 aliphatic carbocycles. The topological polar surface area (TPSA) is 64.3 Å². The Bertz CT molecular complexity index is 864. The van der Waals surface area contributed by atoms with Gasteiger partial charge in [-0.05, 0) is 57.2 Å². The van der Waals surface area contributed by atoms with E-state index in [4.69, 9.17) is 16.3 Å². The molecule has 2 rings (SSSR count). The van der Waals surface area contributed by atoms with E-state index in [1.165, 1.54) is 12.1 Å². The van der Waals surface area contributed by atoms with Crippen molar-refractivity contribution < 1.29 is 19.0 Å². The van der Waals surface area contributed by atoms with Crippen LogP contribution in [0.1, 0.15) is 68.7 Å². The second kappa shape index (κ2) is 9.72. The number of methoxy groups -OCH3 is 1. The lowest BCUT2D eigenvalue weighted by molar-refractivity contribution is 0.0127. The fourth-order valence-corrected chi connectivity index (χ4v) is 3.64. The van der Waals surface area contributed by atoms with Gasteiger partial charge in [0.15, 0.2) is 0 Å². The van der Waals surface area contributed by atoms with Gasteiger partial charge in [0.2, 0.25) is 0 Å². The molecule has 1 atom stereocenters. The minimum atomic E-state index is -0.996. The second-order valence-electron chi connectivity index (χ2n) is 8.10. The zero-order chi connectivity index (χ0) is 21.8. The first-order chi connectivity index (χ1) is 13.6. The molecule has 0 spiro atoms. The quantitative estimate of drug-likeness (QED) is 0.531. The highest BCUT2D eigenvalue weighted by atomic mass is 35.5. The van der Waals surface area contributed by atoms with Gasteiger partial charge in [0.05, 0.1) is 27.7 Å². The zero-order valence-electron chi connectivity index (χ0n) is 17.8. The lowest BCUT2D eigenvalue weighted by atomic mass is 9.93. The van der Waals surface area contributed by atoms with Crippen molar-refractivity contribution in [2.45, 2.75) is 65.4 Å². The summed E-state index contributed by atoms with van der Waals surface area (Å²) in [6.07, 6.45) is 3.91. The predicted octanol–water partition coefficient (Wildman–Crippen LogP) is 5.70. The van der Waals surface area contributed by atoms with Crippen LogP contribution in [0, 0.1) is 11.7 Å². The van der Waals surface area contributed by atoms with Gasteiger partial charge in [-0.1, -0.05) is 38.3 Å². The summed E-state index contributed by atoms with van der Waals surface area (Å²) < 4.78 is 20.6. The largest absolute Gasteiger partial charge is 0.478 e. The van der Waals surface area contributed by atoms with Crippen molar-refractivity contribution in [2.75, 3.05) is 7.11 Å². The van der Waals surface area contributed by atoms with E-state index < -0.39 is 11.8 Å². The normalized spacial score (nSPS) is 12.9. The second-order valence-corrected chi connectivity index (χ2v) is 8.51. The Morgan fingerprint density at radius 2 is 2.10 bits per heavy atom. The van der Waals surface area contributed by atoms with Crippen molar-refractivity contribution >= 4 is 17.6 Å². The number of halogens is 2. The van der Waals surface area contributed by atoms with Crippen LogP contribution in [0.15, 0.2) is 18.2 Å². The van der Waals surface area contributed by atoms with Gasteiger partial charge < -0.3 is 9.84 Å². The molecule has 0 amide bonds. The van der Waals surface area contributed by atoms with E-state index in [0.717, 1.165) is 19.3 Å². The Morgan fingerprint density at radius 1 is 1.41 bits per heavy atom. The van der Waals surface area contributed by atoms with E-state index in [1.54, 1.807) is 17.9 Å². The molecule has 5 nitrogen and oxygen atoms in total. The van der Waals surface area contributed by atoms with E-state index in [0.29, 0.717) is 29.9 Å². The van der Waals surface area contributed by atoms with Crippen molar-refractivity contribution in [3.63, 3.8) is 0 Å². The van der Waals surface area contributed by atoms with Crippen molar-refractivity contribution in [3.05, 3.63) is 46.0 Å². The van der Waals surface area contributed by atoms with Crippen molar-refractivity contribution in [2.24, 2.45) is 5.92 Å². The Morgan fingerprint density at radius 3 is 2.66 bits per heavy atom. The van der Waals surface area contributed by atoms with E-state index >= 15 is 0 Å². The van der Waals surface area contributed by atoms with Crippen LogP contribution in [-0.4, -0.2) is 33.6 Å². The highest BCUT2D eigenvalue weighted by Gasteiger charge is 2.25. The molecule has 29 heavy (non-hydrogen) atoms. The number of carbonyl (C=O) groups is 1. The predicted molar refractivity (Wildman–Crippen MR) is 113 cm³/mol. The number of nitrogens with zero attached hydrogens (tertiary/aromatic N) is 2. The molecule has 1 aromatic carbocycles. The highest BCUT2D eigenvalue weighted by molar-refractivity contribution is 6.30. The third kappa shape index (κ3) is 5.80. The molecule has 0 saturated heterocycles. The fraction of sp³-hybridized carbons (Fsp3) is 0.545. The number of aromatic carboxylic acids is 1. The first kappa shape index (κ1) is 23.4. The smallest absolute Gasteiger partial charge is 0.339 e. The van der Waals surface area contributed by atoms with Crippen LogP contribution in [-0.2, 0) is 17.6 Å². The molecule has 160 valence electrons. The van der Waals surface area contributed by atoms with Crippen LogP contribution in [0.3, 0.4) is 0 Å². The lowest BCUT2D eigenvalue weighted by Crippen LogP contribution is -2.22. The molecule has 2 aromatic rings. The number of aromatic nitrogens is 2. The molecule has 1 N–H and O–H groups in total. The first-order valence-corrected chi connectivity index (χ1v) is 10.3. The Kier molecular flexibility index (Phi) is 7.83. The van der Waals surface area contributed by atoms with Gasteiger partial charge in [-0.25, -0.2) is 13.9 Å². The van der Waals surface area contributed by atoms with Crippen LogP contribution in [0.2, 0.25) is 5.02 Å². The van der Waals surface area contributed by atoms with Crippen molar-refractivity contribution in [1.82, 2.24) is 9.78 Å². The maximum Gasteiger partial charge on any atom is 0.339 e. The molecule has 0 fully saturated rings. The number of hydrogen-bond acceptors (Lipinski definition) is 3. The summed E-state index contributed by atoms with van der Waals surface area (Å²) in [5.74, 6) is -1.25. The number of carboxylic acid groups (broad SMARTS) is 1. The van der Waals surface area contributed by atoms with Gasteiger partial charge in [0.1, 0.15) is 11.4 Å².